The third-order valence-corrected chi connectivity index (χ3v) is 3.50. The number of halogens is 1. The number of nitrogen functional groups attached to an aromatic ring is 1. The van der Waals surface area contributed by atoms with Crippen LogP contribution in [0.15, 0.2) is 6.33 Å². The molecule has 0 unspecified atom stereocenters. The second-order valence-electron chi connectivity index (χ2n) is 4.17. The molecule has 1 aliphatic heterocycles. The van der Waals surface area contributed by atoms with Crippen molar-refractivity contribution in [3.05, 3.63) is 10.2 Å². The predicted octanol–water partition coefficient (Wildman–Crippen LogP) is 0.683. The molecule has 1 saturated heterocycles. The summed E-state index contributed by atoms with van der Waals surface area (Å²) in [4.78, 5) is 12.6. The lowest BCUT2D eigenvalue weighted by atomic mass is 10.2. The number of hydrogen-bond acceptors (Lipinski definition) is 6. The first kappa shape index (κ1) is 12.1. The zero-order chi connectivity index (χ0) is 12.7. The van der Waals surface area contributed by atoms with Gasteiger partial charge in [0.15, 0.2) is 15.3 Å². The average Bonchev–Trinajstić information content (AvgIpc) is 2.93. The number of hydrogen-bond donors (Lipinski definition) is 2. The number of rotatable bonds is 2. The van der Waals surface area contributed by atoms with Crippen LogP contribution in [-0.2, 0) is 4.74 Å². The van der Waals surface area contributed by atoms with Crippen LogP contribution in [0.3, 0.4) is 0 Å². The highest BCUT2D eigenvalue weighted by Crippen LogP contribution is 2.30. The van der Waals surface area contributed by atoms with Gasteiger partial charge in [-0.2, -0.15) is 0 Å². The van der Waals surface area contributed by atoms with Crippen molar-refractivity contribution in [3.8, 4) is 0 Å². The number of nitrogens with two attached hydrogens (primary N) is 1. The summed E-state index contributed by atoms with van der Waals surface area (Å²) in [5.74, 6) is 0.375. The van der Waals surface area contributed by atoms with Crippen LogP contribution < -0.4 is 5.73 Å². The van der Waals surface area contributed by atoms with Gasteiger partial charge in [-0.15, -0.1) is 0 Å². The van der Waals surface area contributed by atoms with E-state index in [0.717, 1.165) is 12.8 Å². The Kier molecular flexibility index (Phi) is 3.08. The minimum absolute atomic E-state index is 0.0395. The third kappa shape index (κ3) is 1.93. The summed E-state index contributed by atoms with van der Waals surface area (Å²) in [6.45, 7) is 0.0395. The molecule has 7 nitrogen and oxygen atoms in total. The summed E-state index contributed by atoms with van der Waals surface area (Å²) >= 11 is 2.02. The van der Waals surface area contributed by atoms with E-state index in [-0.39, 0.29) is 18.9 Å². The Morgan fingerprint density at radius 2 is 2.33 bits per heavy atom. The monoisotopic (exact) mass is 361 g/mol. The van der Waals surface area contributed by atoms with Crippen LogP contribution in [0.4, 0.5) is 5.82 Å². The molecule has 3 heterocycles. The zero-order valence-corrected chi connectivity index (χ0v) is 11.6. The number of anilines is 1. The van der Waals surface area contributed by atoms with Gasteiger partial charge in [-0.1, -0.05) is 0 Å². The first-order chi connectivity index (χ1) is 8.69. The van der Waals surface area contributed by atoms with Gasteiger partial charge in [0.05, 0.1) is 19.0 Å². The molecule has 96 valence electrons. The van der Waals surface area contributed by atoms with Gasteiger partial charge in [-0.25, -0.2) is 15.0 Å². The maximum Gasteiger partial charge on any atom is 0.194 e. The topological polar surface area (TPSA) is 99.1 Å². The van der Waals surface area contributed by atoms with Crippen LogP contribution in [0.25, 0.3) is 11.2 Å². The molecule has 0 aromatic carbocycles. The number of fused-ring (bicyclic) bond motifs is 1. The van der Waals surface area contributed by atoms with Gasteiger partial charge in [-0.05, 0) is 12.8 Å². The highest BCUT2D eigenvalue weighted by Gasteiger charge is 2.27. The van der Waals surface area contributed by atoms with Crippen molar-refractivity contribution in [1.29, 1.82) is 0 Å². The molecule has 3 rings (SSSR count). The Balaban J connectivity index is 2.03. The highest BCUT2D eigenvalue weighted by molar-refractivity contribution is 14.1. The van der Waals surface area contributed by atoms with Crippen molar-refractivity contribution < 1.29 is 9.84 Å². The maximum absolute atomic E-state index is 9.09. The average molecular weight is 361 g/mol. The van der Waals surface area contributed by atoms with Crippen LogP contribution in [0.2, 0.25) is 0 Å². The summed E-state index contributed by atoms with van der Waals surface area (Å²) in [7, 11) is 0. The lowest BCUT2D eigenvalue weighted by Gasteiger charge is -2.13. The molecule has 18 heavy (non-hydrogen) atoms. The first-order valence-electron chi connectivity index (χ1n) is 5.61. The molecule has 0 amide bonds. The second kappa shape index (κ2) is 4.59. The lowest BCUT2D eigenvalue weighted by molar-refractivity contribution is -0.0207. The first-order valence-corrected chi connectivity index (χ1v) is 6.69. The van der Waals surface area contributed by atoms with E-state index in [2.05, 4.69) is 15.0 Å². The van der Waals surface area contributed by atoms with Crippen LogP contribution in [0, 0.1) is 3.83 Å². The summed E-state index contributed by atoms with van der Waals surface area (Å²) in [5, 5.41) is 9.09. The van der Waals surface area contributed by atoms with Crippen molar-refractivity contribution in [1.82, 2.24) is 19.5 Å². The fourth-order valence-corrected chi connectivity index (χ4v) is 2.64. The van der Waals surface area contributed by atoms with E-state index in [1.54, 1.807) is 6.33 Å². The van der Waals surface area contributed by atoms with Crippen molar-refractivity contribution in [2.24, 2.45) is 0 Å². The van der Waals surface area contributed by atoms with Crippen LogP contribution in [0.1, 0.15) is 19.1 Å². The van der Waals surface area contributed by atoms with Gasteiger partial charge < -0.3 is 15.6 Å². The van der Waals surface area contributed by atoms with E-state index < -0.39 is 0 Å². The summed E-state index contributed by atoms with van der Waals surface area (Å²) in [6.07, 6.45) is 3.08. The fraction of sp³-hybridized carbons (Fsp3) is 0.500. The normalized spacial score (nSPS) is 23.9. The van der Waals surface area contributed by atoms with Gasteiger partial charge in [0.25, 0.3) is 0 Å². The molecular weight excluding hydrogens is 349 g/mol. The molecule has 3 N–H and O–H groups in total. The Morgan fingerprint density at radius 1 is 1.50 bits per heavy atom. The van der Waals surface area contributed by atoms with E-state index >= 15 is 0 Å². The predicted molar refractivity (Wildman–Crippen MR) is 72.7 cm³/mol. The standard InChI is InChI=1S/C10H12IN5O2/c11-10-14-8(12)7-9(15-10)16(4-13-7)6-2-1-5(3-17)18-6/h4-6,17H,1-3H2,(H2,12,14,15)/t5-,6+/m0/s1. The molecule has 0 bridgehead atoms. The van der Waals surface area contributed by atoms with Crippen LogP contribution in [0.5, 0.6) is 0 Å². The SMILES string of the molecule is Nc1nc(I)nc2c1ncn2[C@H]1CC[C@@H](CO)O1. The van der Waals surface area contributed by atoms with E-state index in [0.29, 0.717) is 20.8 Å². The van der Waals surface area contributed by atoms with Gasteiger partial charge in [0, 0.05) is 22.6 Å². The van der Waals surface area contributed by atoms with Crippen LogP contribution >= 0.6 is 22.6 Å². The summed E-state index contributed by atoms with van der Waals surface area (Å²) < 4.78 is 8.14. The maximum atomic E-state index is 9.09. The third-order valence-electron chi connectivity index (χ3n) is 3.02. The molecular formula is C10H12IN5O2. The second-order valence-corrected chi connectivity index (χ2v) is 5.14. The molecule has 0 aliphatic carbocycles. The molecule has 0 radical (unpaired) electrons. The van der Waals surface area contributed by atoms with Crippen molar-refractivity contribution in [2.75, 3.05) is 12.3 Å². The Hall–Kier alpha value is -1.00. The number of aliphatic hydroxyl groups is 1. The Morgan fingerprint density at radius 3 is 3.06 bits per heavy atom. The fourth-order valence-electron chi connectivity index (χ4n) is 2.15. The van der Waals surface area contributed by atoms with E-state index in [4.69, 9.17) is 15.6 Å². The smallest absolute Gasteiger partial charge is 0.194 e. The van der Waals surface area contributed by atoms with Crippen molar-refractivity contribution in [2.45, 2.75) is 25.2 Å². The number of aromatic nitrogens is 4. The molecule has 0 saturated carbocycles. The molecule has 2 aromatic heterocycles. The van der Waals surface area contributed by atoms with E-state index in [1.807, 2.05) is 27.2 Å². The molecule has 2 atom stereocenters. The van der Waals surface area contributed by atoms with Gasteiger partial charge in [-0.3, -0.25) is 4.57 Å². The van der Waals surface area contributed by atoms with Gasteiger partial charge in [0.2, 0.25) is 0 Å². The van der Waals surface area contributed by atoms with Crippen molar-refractivity contribution in [3.63, 3.8) is 0 Å². The molecule has 2 aromatic rings. The lowest BCUT2D eigenvalue weighted by Crippen LogP contribution is -2.14. The Bertz CT molecular complexity index is 587. The van der Waals surface area contributed by atoms with Gasteiger partial charge >= 0.3 is 0 Å². The molecule has 0 spiro atoms. The largest absolute Gasteiger partial charge is 0.394 e. The molecule has 8 heteroatoms. The number of nitrogens with zero attached hydrogens (tertiary/aromatic N) is 4. The van der Waals surface area contributed by atoms with Gasteiger partial charge in [0.1, 0.15) is 11.7 Å². The summed E-state index contributed by atoms with van der Waals surface area (Å²) in [6, 6.07) is 0. The highest BCUT2D eigenvalue weighted by atomic mass is 127. The number of imidazole rings is 1. The minimum Gasteiger partial charge on any atom is -0.394 e. The van der Waals surface area contributed by atoms with Crippen LogP contribution in [-0.4, -0.2) is 37.3 Å². The van der Waals surface area contributed by atoms with E-state index in [9.17, 15) is 0 Å². The molecule has 1 aliphatic rings. The zero-order valence-electron chi connectivity index (χ0n) is 9.45. The quantitative estimate of drug-likeness (QED) is 0.603. The Labute approximate surface area is 117 Å². The minimum atomic E-state index is -0.141. The number of ether oxygens (including phenoxy) is 1. The number of aliphatic hydroxyl groups excluding tert-OH is 1. The van der Waals surface area contributed by atoms with E-state index in [1.165, 1.54) is 0 Å². The summed E-state index contributed by atoms with van der Waals surface area (Å²) in [5.41, 5.74) is 7.08. The molecule has 1 fully saturated rings. The van der Waals surface area contributed by atoms with Crippen molar-refractivity contribution >= 4 is 39.6 Å².